The molecule has 0 radical (unpaired) electrons. The number of hydrogen-bond acceptors (Lipinski definition) is 5. The molecule has 1 heterocycles. The van der Waals surface area contributed by atoms with Gasteiger partial charge in [0.05, 0.1) is 5.75 Å². The van der Waals surface area contributed by atoms with Gasteiger partial charge in [0.1, 0.15) is 0 Å². The first-order valence-corrected chi connectivity index (χ1v) is 8.96. The molecule has 7 heteroatoms. The summed E-state index contributed by atoms with van der Waals surface area (Å²) in [6.07, 6.45) is 0. The molecule has 0 atom stereocenters. The number of hydrogen-bond donors (Lipinski definition) is 1. The number of nitrogens with one attached hydrogen (secondary N) is 1. The van der Waals surface area contributed by atoms with Crippen molar-refractivity contribution in [2.24, 2.45) is 0 Å². The van der Waals surface area contributed by atoms with Gasteiger partial charge in [-0.05, 0) is 50.2 Å². The summed E-state index contributed by atoms with van der Waals surface area (Å²) in [5.41, 5.74) is 3.05. The lowest BCUT2D eigenvalue weighted by molar-refractivity contribution is -0.113. The summed E-state index contributed by atoms with van der Waals surface area (Å²) in [5, 5.41) is 11.2. The Labute approximate surface area is 154 Å². The fraction of sp³-hybridized carbons (Fsp3) is 0.167. The zero-order chi connectivity index (χ0) is 17.8. The number of anilines is 1. The SMILES string of the molecule is Cc1cc(C)cc(-c2nnc(NC(=O)CSc3ccc(Cl)cc3)o2)c1. The van der Waals surface area contributed by atoms with Crippen LogP contribution in [-0.4, -0.2) is 21.9 Å². The molecule has 1 amide bonds. The maximum absolute atomic E-state index is 12.0. The lowest BCUT2D eigenvalue weighted by Gasteiger charge is -2.02. The van der Waals surface area contributed by atoms with E-state index in [1.165, 1.54) is 11.8 Å². The van der Waals surface area contributed by atoms with E-state index in [0.29, 0.717) is 10.9 Å². The van der Waals surface area contributed by atoms with Gasteiger partial charge in [0, 0.05) is 15.5 Å². The molecule has 0 saturated carbocycles. The van der Waals surface area contributed by atoms with E-state index in [2.05, 4.69) is 21.6 Å². The molecule has 0 fully saturated rings. The molecule has 0 aliphatic heterocycles. The van der Waals surface area contributed by atoms with E-state index in [0.717, 1.165) is 21.6 Å². The Morgan fingerprint density at radius 1 is 1.12 bits per heavy atom. The third-order valence-electron chi connectivity index (χ3n) is 3.32. The molecular weight excluding hydrogens is 358 g/mol. The number of amides is 1. The summed E-state index contributed by atoms with van der Waals surface area (Å²) in [5.74, 6) is 0.408. The Hall–Kier alpha value is -2.31. The number of carbonyl (C=O) groups is 1. The highest BCUT2D eigenvalue weighted by Crippen LogP contribution is 2.23. The van der Waals surface area contributed by atoms with Gasteiger partial charge in [-0.2, -0.15) is 0 Å². The van der Waals surface area contributed by atoms with Crippen molar-refractivity contribution in [3.8, 4) is 11.5 Å². The smallest absolute Gasteiger partial charge is 0.322 e. The predicted octanol–water partition coefficient (Wildman–Crippen LogP) is 4.74. The molecule has 0 spiro atoms. The van der Waals surface area contributed by atoms with Crippen LogP contribution in [0.4, 0.5) is 6.01 Å². The second kappa shape index (κ2) is 7.72. The highest BCUT2D eigenvalue weighted by Gasteiger charge is 2.12. The Morgan fingerprint density at radius 2 is 1.80 bits per heavy atom. The first kappa shape index (κ1) is 17.5. The zero-order valence-corrected chi connectivity index (χ0v) is 15.3. The lowest BCUT2D eigenvalue weighted by atomic mass is 10.1. The Bertz CT molecular complexity index is 873. The van der Waals surface area contributed by atoms with E-state index >= 15 is 0 Å². The highest BCUT2D eigenvalue weighted by molar-refractivity contribution is 8.00. The number of carbonyl (C=O) groups excluding carboxylic acids is 1. The second-order valence-corrected chi connectivity index (χ2v) is 7.06. The van der Waals surface area contributed by atoms with Crippen LogP contribution >= 0.6 is 23.4 Å². The summed E-state index contributed by atoms with van der Waals surface area (Å²) >= 11 is 7.24. The van der Waals surface area contributed by atoms with Gasteiger partial charge < -0.3 is 4.42 Å². The highest BCUT2D eigenvalue weighted by atomic mass is 35.5. The summed E-state index contributed by atoms with van der Waals surface area (Å²) in [6, 6.07) is 13.4. The number of aryl methyl sites for hydroxylation is 2. The molecule has 3 aromatic rings. The van der Waals surface area contributed by atoms with Crippen LogP contribution < -0.4 is 5.32 Å². The van der Waals surface area contributed by atoms with Crippen LogP contribution in [0.2, 0.25) is 5.02 Å². The van der Waals surface area contributed by atoms with Crippen molar-refractivity contribution < 1.29 is 9.21 Å². The fourth-order valence-corrected chi connectivity index (χ4v) is 3.15. The number of aromatic nitrogens is 2. The fourth-order valence-electron chi connectivity index (χ4n) is 2.32. The molecule has 0 saturated heterocycles. The lowest BCUT2D eigenvalue weighted by Crippen LogP contribution is -2.14. The standard InChI is InChI=1S/C18H16ClN3O2S/c1-11-7-12(2)9-13(8-11)17-21-22-18(24-17)20-16(23)10-25-15-5-3-14(19)4-6-15/h3-9H,10H2,1-2H3,(H,20,22,23). The second-order valence-electron chi connectivity index (χ2n) is 5.58. The van der Waals surface area contributed by atoms with Gasteiger partial charge in [0.25, 0.3) is 0 Å². The number of nitrogens with zero attached hydrogens (tertiary/aromatic N) is 2. The van der Waals surface area contributed by atoms with Gasteiger partial charge in [-0.25, -0.2) is 0 Å². The van der Waals surface area contributed by atoms with Crippen molar-refractivity contribution in [2.45, 2.75) is 18.7 Å². The topological polar surface area (TPSA) is 68.0 Å². The average Bonchev–Trinajstić information content (AvgIpc) is 3.02. The van der Waals surface area contributed by atoms with Crippen molar-refractivity contribution in [3.05, 3.63) is 58.6 Å². The molecule has 2 aromatic carbocycles. The molecule has 5 nitrogen and oxygen atoms in total. The van der Waals surface area contributed by atoms with Crippen molar-refractivity contribution in [2.75, 3.05) is 11.1 Å². The van der Waals surface area contributed by atoms with Crippen molar-refractivity contribution in [1.82, 2.24) is 10.2 Å². The maximum Gasteiger partial charge on any atom is 0.322 e. The van der Waals surface area contributed by atoms with Crippen LogP contribution in [0.5, 0.6) is 0 Å². The monoisotopic (exact) mass is 373 g/mol. The molecule has 0 aliphatic rings. The van der Waals surface area contributed by atoms with E-state index in [1.54, 1.807) is 12.1 Å². The summed E-state index contributed by atoms with van der Waals surface area (Å²) in [4.78, 5) is 13.0. The molecule has 25 heavy (non-hydrogen) atoms. The molecule has 1 aromatic heterocycles. The largest absolute Gasteiger partial charge is 0.403 e. The molecule has 1 N–H and O–H groups in total. The summed E-state index contributed by atoms with van der Waals surface area (Å²) in [6.45, 7) is 4.01. The number of halogens is 1. The van der Waals surface area contributed by atoms with Gasteiger partial charge in [0.15, 0.2) is 0 Å². The van der Waals surface area contributed by atoms with E-state index in [1.807, 2.05) is 38.1 Å². The molecule has 0 bridgehead atoms. The number of benzene rings is 2. The summed E-state index contributed by atoms with van der Waals surface area (Å²) < 4.78 is 5.54. The van der Waals surface area contributed by atoms with Crippen molar-refractivity contribution in [1.29, 1.82) is 0 Å². The Balaban J connectivity index is 1.60. The van der Waals surface area contributed by atoms with E-state index in [9.17, 15) is 4.79 Å². The van der Waals surface area contributed by atoms with Crippen LogP contribution in [0.3, 0.4) is 0 Å². The third kappa shape index (κ3) is 4.84. The minimum atomic E-state index is -0.212. The van der Waals surface area contributed by atoms with Gasteiger partial charge in [-0.15, -0.1) is 16.9 Å². The number of rotatable bonds is 5. The van der Waals surface area contributed by atoms with Crippen LogP contribution in [0.1, 0.15) is 11.1 Å². The van der Waals surface area contributed by atoms with Gasteiger partial charge >= 0.3 is 6.01 Å². The first-order chi connectivity index (χ1) is 12.0. The first-order valence-electron chi connectivity index (χ1n) is 7.60. The Kier molecular flexibility index (Phi) is 5.40. The van der Waals surface area contributed by atoms with Gasteiger partial charge in [-0.1, -0.05) is 33.9 Å². The van der Waals surface area contributed by atoms with Crippen molar-refractivity contribution in [3.63, 3.8) is 0 Å². The van der Waals surface area contributed by atoms with Gasteiger partial charge in [0.2, 0.25) is 11.8 Å². The number of thioether (sulfide) groups is 1. The summed E-state index contributed by atoms with van der Waals surface area (Å²) in [7, 11) is 0. The van der Waals surface area contributed by atoms with Crippen molar-refractivity contribution >= 4 is 35.3 Å². The van der Waals surface area contributed by atoms with E-state index in [-0.39, 0.29) is 17.7 Å². The molecule has 0 unspecified atom stereocenters. The van der Waals surface area contributed by atoms with E-state index < -0.39 is 0 Å². The molecule has 3 rings (SSSR count). The normalized spacial score (nSPS) is 10.7. The zero-order valence-electron chi connectivity index (χ0n) is 13.7. The third-order valence-corrected chi connectivity index (χ3v) is 4.59. The Morgan fingerprint density at radius 3 is 2.48 bits per heavy atom. The van der Waals surface area contributed by atoms with Crippen LogP contribution in [0.15, 0.2) is 51.8 Å². The minimum Gasteiger partial charge on any atom is -0.403 e. The average molecular weight is 374 g/mol. The molecular formula is C18H16ClN3O2S. The predicted molar refractivity (Wildman–Crippen MR) is 100 cm³/mol. The van der Waals surface area contributed by atoms with Gasteiger partial charge in [-0.3, -0.25) is 10.1 Å². The van der Waals surface area contributed by atoms with E-state index in [4.69, 9.17) is 16.0 Å². The minimum absolute atomic E-state index is 0.0934. The van der Waals surface area contributed by atoms with Crippen LogP contribution in [-0.2, 0) is 4.79 Å². The molecule has 0 aliphatic carbocycles. The van der Waals surface area contributed by atoms with Crippen LogP contribution in [0, 0.1) is 13.8 Å². The molecule has 128 valence electrons. The quantitative estimate of drug-likeness (QED) is 0.654. The van der Waals surface area contributed by atoms with Crippen LogP contribution in [0.25, 0.3) is 11.5 Å². The maximum atomic E-state index is 12.0.